The zero-order valence-corrected chi connectivity index (χ0v) is 14.9. The Hall–Kier alpha value is -2.56. The van der Waals surface area contributed by atoms with Crippen molar-refractivity contribution < 1.29 is 4.79 Å². The molecule has 0 radical (unpaired) electrons. The van der Waals surface area contributed by atoms with Crippen molar-refractivity contribution in [2.24, 2.45) is 0 Å². The molecule has 5 heteroatoms. The number of anilines is 1. The van der Waals surface area contributed by atoms with Crippen molar-refractivity contribution in [3.05, 3.63) is 47.4 Å². The summed E-state index contributed by atoms with van der Waals surface area (Å²) in [6.45, 7) is 10.4. The molecule has 126 valence electrons. The van der Waals surface area contributed by atoms with Gasteiger partial charge < -0.3 is 9.88 Å². The summed E-state index contributed by atoms with van der Waals surface area (Å²) in [5, 5.41) is 8.72. The van der Waals surface area contributed by atoms with Crippen LogP contribution in [0.1, 0.15) is 37.0 Å². The van der Waals surface area contributed by atoms with Gasteiger partial charge >= 0.3 is 0 Å². The molecular formula is C19H24N4O. The van der Waals surface area contributed by atoms with Gasteiger partial charge in [0.05, 0.1) is 17.1 Å². The molecule has 2 heterocycles. The lowest BCUT2D eigenvalue weighted by molar-refractivity contribution is -0.116. The zero-order chi connectivity index (χ0) is 17.4. The molecule has 5 nitrogen and oxygen atoms in total. The average Bonchev–Trinajstić information content (AvgIpc) is 2.99. The monoisotopic (exact) mass is 324 g/mol. The first kappa shape index (κ1) is 16.3. The Morgan fingerprint density at radius 2 is 1.92 bits per heavy atom. The molecule has 3 rings (SSSR count). The number of benzene rings is 1. The SMILES string of the molecule is Cc1nn(C(C)C)c(C)c1NC(=O)Cn1c(C)cc2ccccc21. The van der Waals surface area contributed by atoms with Crippen molar-refractivity contribution in [3.63, 3.8) is 0 Å². The summed E-state index contributed by atoms with van der Waals surface area (Å²) in [5.41, 5.74) is 4.82. The molecule has 0 aliphatic carbocycles. The van der Waals surface area contributed by atoms with Crippen molar-refractivity contribution in [1.82, 2.24) is 14.3 Å². The van der Waals surface area contributed by atoms with Crippen molar-refractivity contribution >= 4 is 22.5 Å². The molecule has 0 saturated carbocycles. The van der Waals surface area contributed by atoms with Crippen molar-refractivity contribution in [2.45, 2.75) is 47.2 Å². The van der Waals surface area contributed by atoms with Crippen molar-refractivity contribution in [2.75, 3.05) is 5.32 Å². The summed E-state index contributed by atoms with van der Waals surface area (Å²) < 4.78 is 3.99. The Bertz CT molecular complexity index is 902. The molecule has 0 aliphatic heterocycles. The largest absolute Gasteiger partial charge is 0.335 e. The molecule has 1 amide bonds. The van der Waals surface area contributed by atoms with E-state index in [9.17, 15) is 4.79 Å². The number of aromatic nitrogens is 3. The van der Waals surface area contributed by atoms with Gasteiger partial charge in [-0.1, -0.05) is 18.2 Å². The lowest BCUT2D eigenvalue weighted by atomic mass is 10.2. The minimum atomic E-state index is -0.0334. The van der Waals surface area contributed by atoms with Gasteiger partial charge in [0.1, 0.15) is 6.54 Å². The molecule has 2 aromatic heterocycles. The van der Waals surface area contributed by atoms with Crippen LogP contribution in [0.3, 0.4) is 0 Å². The minimum absolute atomic E-state index is 0.0334. The molecule has 0 atom stereocenters. The second-order valence-electron chi connectivity index (χ2n) is 6.56. The van der Waals surface area contributed by atoms with E-state index in [4.69, 9.17) is 0 Å². The summed E-state index contributed by atoms with van der Waals surface area (Å²) in [6, 6.07) is 10.5. The quantitative estimate of drug-likeness (QED) is 0.789. The van der Waals surface area contributed by atoms with E-state index >= 15 is 0 Å². The van der Waals surface area contributed by atoms with Crippen molar-refractivity contribution in [3.8, 4) is 0 Å². The van der Waals surface area contributed by atoms with Crippen LogP contribution >= 0.6 is 0 Å². The van der Waals surface area contributed by atoms with Crippen LogP contribution < -0.4 is 5.32 Å². The minimum Gasteiger partial charge on any atom is -0.335 e. The summed E-state index contributed by atoms with van der Waals surface area (Å²) >= 11 is 0. The molecule has 1 N–H and O–H groups in total. The lowest BCUT2D eigenvalue weighted by Gasteiger charge is -2.11. The summed E-state index contributed by atoms with van der Waals surface area (Å²) in [5.74, 6) is -0.0334. The van der Waals surface area contributed by atoms with Crippen molar-refractivity contribution in [1.29, 1.82) is 0 Å². The molecule has 0 saturated heterocycles. The summed E-state index contributed by atoms with van der Waals surface area (Å²) in [4.78, 5) is 12.6. The number of rotatable bonds is 4. The Balaban J connectivity index is 1.85. The Kier molecular flexibility index (Phi) is 4.18. The van der Waals surface area contributed by atoms with Crippen LogP contribution in [0.2, 0.25) is 0 Å². The molecule has 0 aliphatic rings. The number of carbonyl (C=O) groups excluding carboxylic acids is 1. The maximum Gasteiger partial charge on any atom is 0.244 e. The number of nitrogens with one attached hydrogen (secondary N) is 1. The highest BCUT2D eigenvalue weighted by Gasteiger charge is 2.16. The van der Waals surface area contributed by atoms with Gasteiger partial charge in [-0.05, 0) is 52.1 Å². The number of hydrogen-bond acceptors (Lipinski definition) is 2. The topological polar surface area (TPSA) is 51.9 Å². The van der Waals surface area contributed by atoms with Crippen LogP contribution in [0.15, 0.2) is 30.3 Å². The van der Waals surface area contributed by atoms with E-state index < -0.39 is 0 Å². The Morgan fingerprint density at radius 1 is 1.21 bits per heavy atom. The van der Waals surface area contributed by atoms with Gasteiger partial charge in [0.15, 0.2) is 0 Å². The summed E-state index contributed by atoms with van der Waals surface area (Å²) in [6.07, 6.45) is 0. The first-order chi connectivity index (χ1) is 11.4. The maximum absolute atomic E-state index is 12.6. The Morgan fingerprint density at radius 3 is 2.58 bits per heavy atom. The predicted molar refractivity (Wildman–Crippen MR) is 97.4 cm³/mol. The summed E-state index contributed by atoms with van der Waals surface area (Å²) in [7, 11) is 0. The van der Waals surface area contributed by atoms with E-state index in [2.05, 4.69) is 36.4 Å². The molecule has 3 aromatic rings. The predicted octanol–water partition coefficient (Wildman–Crippen LogP) is 3.98. The van der Waals surface area contributed by atoms with Crippen LogP contribution in [0.5, 0.6) is 0 Å². The second-order valence-corrected chi connectivity index (χ2v) is 6.56. The lowest BCUT2D eigenvalue weighted by Crippen LogP contribution is -2.20. The molecule has 0 bridgehead atoms. The van der Waals surface area contributed by atoms with Crippen LogP contribution in [0.4, 0.5) is 5.69 Å². The fourth-order valence-electron chi connectivity index (χ4n) is 3.23. The van der Waals surface area contributed by atoms with E-state index in [-0.39, 0.29) is 11.9 Å². The van der Waals surface area contributed by atoms with Gasteiger partial charge in [-0.2, -0.15) is 5.10 Å². The fraction of sp³-hybridized carbons (Fsp3) is 0.368. The first-order valence-electron chi connectivity index (χ1n) is 8.29. The van der Waals surface area contributed by atoms with E-state index in [1.807, 2.05) is 48.2 Å². The van der Waals surface area contributed by atoms with Gasteiger partial charge in [-0.25, -0.2) is 0 Å². The molecular weight excluding hydrogens is 300 g/mol. The third-order valence-corrected chi connectivity index (χ3v) is 4.40. The van der Waals surface area contributed by atoms with Gasteiger partial charge in [0.25, 0.3) is 0 Å². The molecule has 0 spiro atoms. The molecule has 24 heavy (non-hydrogen) atoms. The highest BCUT2D eigenvalue weighted by atomic mass is 16.2. The first-order valence-corrected chi connectivity index (χ1v) is 8.29. The van der Waals surface area contributed by atoms with E-state index in [0.29, 0.717) is 6.54 Å². The average molecular weight is 324 g/mol. The van der Waals surface area contributed by atoms with Crippen LogP contribution in [-0.2, 0) is 11.3 Å². The van der Waals surface area contributed by atoms with Crippen LogP contribution in [0, 0.1) is 20.8 Å². The number of hydrogen-bond donors (Lipinski definition) is 1. The molecule has 0 fully saturated rings. The van der Waals surface area contributed by atoms with Gasteiger partial charge in [-0.15, -0.1) is 0 Å². The number of amides is 1. The van der Waals surface area contributed by atoms with Crippen LogP contribution in [-0.4, -0.2) is 20.3 Å². The van der Waals surface area contributed by atoms with Gasteiger partial charge in [0, 0.05) is 17.3 Å². The number of aryl methyl sites for hydroxylation is 2. The van der Waals surface area contributed by atoms with E-state index in [1.165, 1.54) is 0 Å². The third-order valence-electron chi connectivity index (χ3n) is 4.40. The zero-order valence-electron chi connectivity index (χ0n) is 14.9. The number of nitrogens with zero attached hydrogens (tertiary/aromatic N) is 3. The number of fused-ring (bicyclic) bond motifs is 1. The smallest absolute Gasteiger partial charge is 0.244 e. The molecule has 1 aromatic carbocycles. The second kappa shape index (κ2) is 6.15. The van der Waals surface area contributed by atoms with Gasteiger partial charge in [-0.3, -0.25) is 9.48 Å². The van der Waals surface area contributed by atoms with E-state index in [1.54, 1.807) is 0 Å². The van der Waals surface area contributed by atoms with Gasteiger partial charge in [0.2, 0.25) is 5.91 Å². The third kappa shape index (κ3) is 2.82. The normalized spacial score (nSPS) is 11.4. The highest BCUT2D eigenvalue weighted by molar-refractivity contribution is 5.93. The number of para-hydroxylation sites is 1. The fourth-order valence-corrected chi connectivity index (χ4v) is 3.23. The van der Waals surface area contributed by atoms with E-state index in [0.717, 1.165) is 33.7 Å². The Labute approximate surface area is 142 Å². The van der Waals surface area contributed by atoms with Crippen LogP contribution in [0.25, 0.3) is 10.9 Å². The maximum atomic E-state index is 12.6. The number of carbonyl (C=O) groups is 1. The highest BCUT2D eigenvalue weighted by Crippen LogP contribution is 2.23. The molecule has 0 unspecified atom stereocenters. The standard InChI is InChI=1S/C19H24N4O/c1-12(2)23-15(5)19(14(4)21-23)20-18(24)11-22-13(3)10-16-8-6-7-9-17(16)22/h6-10,12H,11H2,1-5H3,(H,20,24).